The third-order valence-corrected chi connectivity index (χ3v) is 4.17. The highest BCUT2D eigenvalue weighted by Gasteiger charge is 2.34. The second-order valence-electron chi connectivity index (χ2n) is 5.44. The third kappa shape index (κ3) is 2.33. The number of hydrogen-bond acceptors (Lipinski definition) is 3. The zero-order chi connectivity index (χ0) is 14.1. The SMILES string of the molecule is O=C(O)c1ccccc1C(=O)O[C@@H]1C=C[C@@H]2CC[C@@H]1C2. The van der Waals surface area contributed by atoms with Crippen LogP contribution in [0, 0.1) is 11.8 Å². The van der Waals surface area contributed by atoms with Gasteiger partial charge in [0.2, 0.25) is 0 Å². The van der Waals surface area contributed by atoms with E-state index in [0.29, 0.717) is 11.8 Å². The lowest BCUT2D eigenvalue weighted by molar-refractivity contribution is 0.0262. The van der Waals surface area contributed by atoms with E-state index in [1.807, 2.05) is 6.08 Å². The Morgan fingerprint density at radius 3 is 2.60 bits per heavy atom. The van der Waals surface area contributed by atoms with Gasteiger partial charge in [-0.25, -0.2) is 9.59 Å². The number of aromatic carboxylic acids is 1. The second-order valence-corrected chi connectivity index (χ2v) is 5.44. The summed E-state index contributed by atoms with van der Waals surface area (Å²) in [6, 6.07) is 6.16. The van der Waals surface area contributed by atoms with E-state index in [-0.39, 0.29) is 17.2 Å². The number of esters is 1. The molecule has 104 valence electrons. The summed E-state index contributed by atoms with van der Waals surface area (Å²) in [5.74, 6) is -0.659. The highest BCUT2D eigenvalue weighted by atomic mass is 16.5. The van der Waals surface area contributed by atoms with E-state index in [1.165, 1.54) is 12.1 Å². The Balaban J connectivity index is 1.78. The smallest absolute Gasteiger partial charge is 0.339 e. The molecule has 0 amide bonds. The molecule has 1 N–H and O–H groups in total. The molecule has 2 aliphatic rings. The van der Waals surface area contributed by atoms with E-state index in [1.54, 1.807) is 12.1 Å². The van der Waals surface area contributed by atoms with Gasteiger partial charge in [-0.2, -0.15) is 0 Å². The average Bonchev–Trinajstić information content (AvgIpc) is 2.84. The van der Waals surface area contributed by atoms with E-state index in [4.69, 9.17) is 9.84 Å². The number of rotatable bonds is 3. The monoisotopic (exact) mass is 272 g/mol. The lowest BCUT2D eigenvalue weighted by Crippen LogP contribution is -2.26. The van der Waals surface area contributed by atoms with Crippen molar-refractivity contribution < 1.29 is 19.4 Å². The fraction of sp³-hybridized carbons (Fsp3) is 0.375. The average molecular weight is 272 g/mol. The standard InChI is InChI=1S/C16H16O4/c17-15(18)12-3-1-2-4-13(12)16(19)20-14-8-6-10-5-7-11(14)9-10/h1-4,6,8,10-11,14H,5,7,9H2,(H,17,18)/t10-,11+,14+/m0/s1. The molecule has 3 atom stereocenters. The van der Waals surface area contributed by atoms with Gasteiger partial charge in [0.1, 0.15) is 6.10 Å². The quantitative estimate of drug-likeness (QED) is 0.678. The molecule has 4 heteroatoms. The lowest BCUT2D eigenvalue weighted by atomic mass is 9.93. The van der Waals surface area contributed by atoms with Gasteiger partial charge in [-0.1, -0.05) is 18.2 Å². The Hall–Kier alpha value is -2.10. The number of benzene rings is 1. The number of carbonyl (C=O) groups excluding carboxylic acids is 1. The van der Waals surface area contributed by atoms with E-state index in [0.717, 1.165) is 19.3 Å². The van der Waals surface area contributed by atoms with Crippen molar-refractivity contribution in [3.8, 4) is 0 Å². The molecule has 2 bridgehead atoms. The van der Waals surface area contributed by atoms with Crippen molar-refractivity contribution in [1.29, 1.82) is 0 Å². The maximum Gasteiger partial charge on any atom is 0.339 e. The number of allylic oxidation sites excluding steroid dienone is 1. The summed E-state index contributed by atoms with van der Waals surface area (Å²) < 4.78 is 5.51. The van der Waals surface area contributed by atoms with Crippen molar-refractivity contribution in [3.05, 3.63) is 47.5 Å². The van der Waals surface area contributed by atoms with Crippen LogP contribution >= 0.6 is 0 Å². The summed E-state index contributed by atoms with van der Waals surface area (Å²) in [7, 11) is 0. The molecular weight excluding hydrogens is 256 g/mol. The van der Waals surface area contributed by atoms with Crippen LogP contribution < -0.4 is 0 Å². The normalized spacial score (nSPS) is 27.3. The fourth-order valence-corrected chi connectivity index (χ4v) is 3.12. The minimum atomic E-state index is -1.11. The minimum absolute atomic E-state index is 0.0124. The van der Waals surface area contributed by atoms with Gasteiger partial charge in [-0.3, -0.25) is 0 Å². The first-order chi connectivity index (χ1) is 9.65. The van der Waals surface area contributed by atoms with Gasteiger partial charge in [-0.15, -0.1) is 0 Å². The van der Waals surface area contributed by atoms with Crippen molar-refractivity contribution in [1.82, 2.24) is 0 Å². The molecule has 1 aromatic rings. The molecule has 1 saturated carbocycles. The summed E-state index contributed by atoms with van der Waals surface area (Å²) in [5, 5.41) is 9.10. The van der Waals surface area contributed by atoms with Crippen LogP contribution in [0.3, 0.4) is 0 Å². The number of carbonyl (C=O) groups is 2. The second kappa shape index (κ2) is 5.12. The Kier molecular flexibility index (Phi) is 3.30. The predicted molar refractivity (Wildman–Crippen MR) is 72.6 cm³/mol. The summed E-state index contributed by atoms with van der Waals surface area (Å²) in [6.45, 7) is 0. The van der Waals surface area contributed by atoms with E-state index in [2.05, 4.69) is 6.08 Å². The molecule has 0 aliphatic heterocycles. The van der Waals surface area contributed by atoms with Crippen LogP contribution in [0.4, 0.5) is 0 Å². The van der Waals surface area contributed by atoms with Crippen LogP contribution in [0.5, 0.6) is 0 Å². The Labute approximate surface area is 117 Å². The van der Waals surface area contributed by atoms with Crippen LogP contribution in [0.1, 0.15) is 40.0 Å². The highest BCUT2D eigenvalue weighted by molar-refractivity contribution is 6.02. The van der Waals surface area contributed by atoms with E-state index < -0.39 is 11.9 Å². The largest absolute Gasteiger partial charge is 0.478 e. The van der Waals surface area contributed by atoms with Crippen molar-refractivity contribution in [3.63, 3.8) is 0 Å². The molecular formula is C16H16O4. The minimum Gasteiger partial charge on any atom is -0.478 e. The van der Waals surface area contributed by atoms with E-state index in [9.17, 15) is 9.59 Å². The first kappa shape index (κ1) is 12.9. The van der Waals surface area contributed by atoms with Gasteiger partial charge in [0.05, 0.1) is 11.1 Å². The molecule has 4 nitrogen and oxygen atoms in total. The van der Waals surface area contributed by atoms with Crippen LogP contribution in [0.15, 0.2) is 36.4 Å². The molecule has 0 heterocycles. The van der Waals surface area contributed by atoms with E-state index >= 15 is 0 Å². The fourth-order valence-electron chi connectivity index (χ4n) is 3.12. The lowest BCUT2D eigenvalue weighted by Gasteiger charge is -2.24. The van der Waals surface area contributed by atoms with Crippen molar-refractivity contribution in [2.24, 2.45) is 11.8 Å². The molecule has 20 heavy (non-hydrogen) atoms. The molecule has 1 aromatic carbocycles. The summed E-state index contributed by atoms with van der Waals surface area (Å²) in [6.07, 6.45) is 7.13. The topological polar surface area (TPSA) is 63.6 Å². The molecule has 2 aliphatic carbocycles. The Morgan fingerprint density at radius 2 is 1.85 bits per heavy atom. The van der Waals surface area contributed by atoms with Crippen molar-refractivity contribution >= 4 is 11.9 Å². The van der Waals surface area contributed by atoms with Gasteiger partial charge >= 0.3 is 11.9 Å². The van der Waals surface area contributed by atoms with Crippen LogP contribution in [-0.4, -0.2) is 23.1 Å². The molecule has 0 radical (unpaired) electrons. The molecule has 3 rings (SSSR count). The zero-order valence-electron chi connectivity index (χ0n) is 11.0. The van der Waals surface area contributed by atoms with Gasteiger partial charge in [0, 0.05) is 5.92 Å². The highest BCUT2D eigenvalue weighted by Crippen LogP contribution is 2.39. The third-order valence-electron chi connectivity index (χ3n) is 4.17. The van der Waals surface area contributed by atoms with Gasteiger partial charge < -0.3 is 9.84 Å². The van der Waals surface area contributed by atoms with Crippen LogP contribution in [-0.2, 0) is 4.74 Å². The van der Waals surface area contributed by atoms with Crippen LogP contribution in [0.25, 0.3) is 0 Å². The summed E-state index contributed by atoms with van der Waals surface area (Å²) >= 11 is 0. The van der Waals surface area contributed by atoms with Crippen LogP contribution in [0.2, 0.25) is 0 Å². The van der Waals surface area contributed by atoms with Crippen molar-refractivity contribution in [2.75, 3.05) is 0 Å². The van der Waals surface area contributed by atoms with Crippen molar-refractivity contribution in [2.45, 2.75) is 25.4 Å². The number of fused-ring (bicyclic) bond motifs is 2. The maximum absolute atomic E-state index is 12.2. The molecule has 0 unspecified atom stereocenters. The number of ether oxygens (including phenoxy) is 1. The Morgan fingerprint density at radius 1 is 1.10 bits per heavy atom. The zero-order valence-corrected chi connectivity index (χ0v) is 11.0. The molecule has 0 spiro atoms. The predicted octanol–water partition coefficient (Wildman–Crippen LogP) is 2.90. The van der Waals surface area contributed by atoms with Gasteiger partial charge in [0.25, 0.3) is 0 Å². The molecule has 0 saturated heterocycles. The molecule has 0 aromatic heterocycles. The molecule has 1 fully saturated rings. The summed E-state index contributed by atoms with van der Waals surface area (Å²) in [4.78, 5) is 23.3. The maximum atomic E-state index is 12.2. The number of carboxylic acids is 1. The van der Waals surface area contributed by atoms with Gasteiger partial charge in [0.15, 0.2) is 0 Å². The first-order valence-electron chi connectivity index (χ1n) is 6.87. The number of carboxylic acid groups (broad SMARTS) is 1. The van der Waals surface area contributed by atoms with Gasteiger partial charge in [-0.05, 0) is 43.4 Å². The number of hydrogen-bond donors (Lipinski definition) is 1. The summed E-state index contributed by atoms with van der Waals surface area (Å²) in [5.41, 5.74) is 0.107. The first-order valence-corrected chi connectivity index (χ1v) is 6.87. The Bertz CT molecular complexity index is 576.